The molecule has 2 N–H and O–H groups in total. The number of hydrogen-bond acceptors (Lipinski definition) is 6. The standard InChI is InChI=1S/C14H21N3O3S/c1-19-7-10(12-3-2-6-20-12)16-13(18)11-8-21-14(17-11)15-9-4-5-9/h8-10,12H,2-7H2,1H3,(H,15,17)(H,16,18)/t10-,12+/m1/s1. The lowest BCUT2D eigenvalue weighted by atomic mass is 10.1. The maximum Gasteiger partial charge on any atom is 0.271 e. The fourth-order valence-electron chi connectivity index (χ4n) is 2.43. The van der Waals surface area contributed by atoms with E-state index in [9.17, 15) is 4.79 Å². The molecular formula is C14H21N3O3S. The number of ether oxygens (including phenoxy) is 2. The van der Waals surface area contributed by atoms with Gasteiger partial charge in [-0.15, -0.1) is 11.3 Å². The molecule has 3 rings (SSSR count). The van der Waals surface area contributed by atoms with Gasteiger partial charge in [0.15, 0.2) is 5.13 Å². The van der Waals surface area contributed by atoms with E-state index < -0.39 is 0 Å². The van der Waals surface area contributed by atoms with E-state index in [4.69, 9.17) is 9.47 Å². The molecule has 6 nitrogen and oxygen atoms in total. The van der Waals surface area contributed by atoms with Crippen LogP contribution in [0.1, 0.15) is 36.2 Å². The van der Waals surface area contributed by atoms with Crippen molar-refractivity contribution in [1.82, 2.24) is 10.3 Å². The van der Waals surface area contributed by atoms with Crippen molar-refractivity contribution in [3.05, 3.63) is 11.1 Å². The minimum atomic E-state index is -0.160. The Kier molecular flexibility index (Phi) is 4.72. The molecule has 2 heterocycles. The van der Waals surface area contributed by atoms with Gasteiger partial charge in [-0.25, -0.2) is 4.98 Å². The second kappa shape index (κ2) is 6.72. The number of rotatable bonds is 7. The topological polar surface area (TPSA) is 72.5 Å². The normalized spacial score (nSPS) is 23.0. The smallest absolute Gasteiger partial charge is 0.271 e. The second-order valence-corrected chi connectivity index (χ2v) is 6.40. The van der Waals surface area contributed by atoms with E-state index in [2.05, 4.69) is 15.6 Å². The first-order chi connectivity index (χ1) is 10.3. The highest BCUT2D eigenvalue weighted by Gasteiger charge is 2.28. The van der Waals surface area contributed by atoms with E-state index in [1.807, 2.05) is 0 Å². The Morgan fingerprint density at radius 3 is 3.10 bits per heavy atom. The summed E-state index contributed by atoms with van der Waals surface area (Å²) in [5.41, 5.74) is 0.460. The molecule has 1 amide bonds. The van der Waals surface area contributed by atoms with E-state index in [-0.39, 0.29) is 18.1 Å². The van der Waals surface area contributed by atoms with Crippen molar-refractivity contribution in [1.29, 1.82) is 0 Å². The van der Waals surface area contributed by atoms with Crippen molar-refractivity contribution in [3.8, 4) is 0 Å². The van der Waals surface area contributed by atoms with Gasteiger partial charge in [-0.2, -0.15) is 0 Å². The third-order valence-electron chi connectivity index (χ3n) is 3.72. The quantitative estimate of drug-likeness (QED) is 0.801. The second-order valence-electron chi connectivity index (χ2n) is 5.54. The summed E-state index contributed by atoms with van der Waals surface area (Å²) in [7, 11) is 1.63. The van der Waals surface area contributed by atoms with E-state index in [0.29, 0.717) is 18.3 Å². The molecule has 116 valence electrons. The summed E-state index contributed by atoms with van der Waals surface area (Å²) in [6.45, 7) is 1.21. The molecule has 1 aromatic rings. The molecule has 1 saturated carbocycles. The van der Waals surface area contributed by atoms with Gasteiger partial charge < -0.3 is 20.1 Å². The van der Waals surface area contributed by atoms with Gasteiger partial charge in [-0.05, 0) is 25.7 Å². The molecule has 0 radical (unpaired) electrons. The largest absolute Gasteiger partial charge is 0.382 e. The van der Waals surface area contributed by atoms with Crippen LogP contribution in [0.15, 0.2) is 5.38 Å². The third-order valence-corrected chi connectivity index (χ3v) is 4.49. The number of thiazole rings is 1. The summed E-state index contributed by atoms with van der Waals surface area (Å²) in [6.07, 6.45) is 4.41. The van der Waals surface area contributed by atoms with Gasteiger partial charge in [0.1, 0.15) is 5.69 Å². The van der Waals surface area contributed by atoms with Crippen LogP contribution in [0, 0.1) is 0 Å². The lowest BCUT2D eigenvalue weighted by molar-refractivity contribution is 0.0402. The van der Waals surface area contributed by atoms with E-state index in [1.165, 1.54) is 24.2 Å². The molecule has 1 aliphatic heterocycles. The highest BCUT2D eigenvalue weighted by atomic mass is 32.1. The number of carbonyl (C=O) groups excluding carboxylic acids is 1. The Balaban J connectivity index is 1.58. The molecular weight excluding hydrogens is 290 g/mol. The van der Waals surface area contributed by atoms with Gasteiger partial charge in [0.25, 0.3) is 5.91 Å². The van der Waals surface area contributed by atoms with E-state index in [0.717, 1.165) is 24.6 Å². The minimum Gasteiger partial charge on any atom is -0.382 e. The molecule has 0 unspecified atom stereocenters. The number of anilines is 1. The number of amides is 1. The maximum atomic E-state index is 12.3. The zero-order chi connectivity index (χ0) is 14.7. The molecule has 1 aromatic heterocycles. The number of methoxy groups -OCH3 is 1. The lowest BCUT2D eigenvalue weighted by Gasteiger charge is -2.23. The van der Waals surface area contributed by atoms with E-state index >= 15 is 0 Å². The van der Waals surface area contributed by atoms with Crippen LogP contribution in [-0.4, -0.2) is 49.4 Å². The zero-order valence-electron chi connectivity index (χ0n) is 12.1. The van der Waals surface area contributed by atoms with Gasteiger partial charge in [0, 0.05) is 25.1 Å². The van der Waals surface area contributed by atoms with Crippen molar-refractivity contribution in [2.45, 2.75) is 43.9 Å². The fourth-order valence-corrected chi connectivity index (χ4v) is 3.20. The highest BCUT2D eigenvalue weighted by Crippen LogP contribution is 2.26. The zero-order valence-corrected chi connectivity index (χ0v) is 12.9. The Morgan fingerprint density at radius 1 is 1.57 bits per heavy atom. The van der Waals surface area contributed by atoms with Gasteiger partial charge in [-0.3, -0.25) is 4.79 Å². The molecule has 2 atom stereocenters. The Hall–Kier alpha value is -1.18. The van der Waals surface area contributed by atoms with Gasteiger partial charge in [0.05, 0.1) is 18.8 Å². The third kappa shape index (κ3) is 3.93. The van der Waals surface area contributed by atoms with E-state index in [1.54, 1.807) is 12.5 Å². The van der Waals surface area contributed by atoms with Crippen LogP contribution >= 0.6 is 11.3 Å². The van der Waals surface area contributed by atoms with Crippen LogP contribution in [0.2, 0.25) is 0 Å². The molecule has 2 fully saturated rings. The monoisotopic (exact) mass is 311 g/mol. The minimum absolute atomic E-state index is 0.0385. The number of aromatic nitrogens is 1. The molecule has 7 heteroatoms. The average Bonchev–Trinajstić information content (AvgIpc) is 2.95. The van der Waals surface area contributed by atoms with Crippen LogP contribution in [0.25, 0.3) is 0 Å². The summed E-state index contributed by atoms with van der Waals surface area (Å²) in [6, 6.07) is 0.423. The van der Waals surface area contributed by atoms with Gasteiger partial charge in [0.2, 0.25) is 0 Å². The first-order valence-corrected chi connectivity index (χ1v) is 8.27. The fraction of sp³-hybridized carbons (Fsp3) is 0.714. The van der Waals surface area contributed by atoms with Crippen molar-refractivity contribution in [2.75, 3.05) is 25.6 Å². The van der Waals surface area contributed by atoms with Crippen molar-refractivity contribution in [2.24, 2.45) is 0 Å². The first kappa shape index (κ1) is 14.7. The summed E-state index contributed by atoms with van der Waals surface area (Å²) in [4.78, 5) is 16.6. The average molecular weight is 311 g/mol. The van der Waals surface area contributed by atoms with Gasteiger partial charge >= 0.3 is 0 Å². The SMILES string of the molecule is COC[C@@H](NC(=O)c1csc(NC2CC2)n1)[C@@H]1CCCO1. The first-order valence-electron chi connectivity index (χ1n) is 7.39. The summed E-state index contributed by atoms with van der Waals surface area (Å²) >= 11 is 1.47. The molecule has 1 saturated heterocycles. The summed E-state index contributed by atoms with van der Waals surface area (Å²) < 4.78 is 10.8. The summed E-state index contributed by atoms with van der Waals surface area (Å²) in [5.74, 6) is -0.160. The lowest BCUT2D eigenvalue weighted by Crippen LogP contribution is -2.46. The predicted octanol–water partition coefficient (Wildman–Crippen LogP) is 1.64. The van der Waals surface area contributed by atoms with Crippen LogP contribution in [-0.2, 0) is 9.47 Å². The molecule has 1 aliphatic carbocycles. The van der Waals surface area contributed by atoms with Crippen LogP contribution in [0.3, 0.4) is 0 Å². The number of carbonyl (C=O) groups is 1. The highest BCUT2D eigenvalue weighted by molar-refractivity contribution is 7.13. The predicted molar refractivity (Wildman–Crippen MR) is 80.9 cm³/mol. The Bertz CT molecular complexity index is 484. The van der Waals surface area contributed by atoms with Gasteiger partial charge in [-0.1, -0.05) is 0 Å². The molecule has 0 bridgehead atoms. The van der Waals surface area contributed by atoms with Crippen LogP contribution in [0.4, 0.5) is 5.13 Å². The summed E-state index contributed by atoms with van der Waals surface area (Å²) in [5, 5.41) is 8.90. The maximum absolute atomic E-state index is 12.3. The molecule has 0 spiro atoms. The number of nitrogens with zero attached hydrogens (tertiary/aromatic N) is 1. The van der Waals surface area contributed by atoms with Crippen molar-refractivity contribution >= 4 is 22.4 Å². The van der Waals surface area contributed by atoms with Crippen molar-refractivity contribution in [3.63, 3.8) is 0 Å². The van der Waals surface area contributed by atoms with Crippen molar-refractivity contribution < 1.29 is 14.3 Å². The Labute approximate surface area is 128 Å². The molecule has 2 aliphatic rings. The molecule has 21 heavy (non-hydrogen) atoms. The number of hydrogen-bond donors (Lipinski definition) is 2. The Morgan fingerprint density at radius 2 is 2.43 bits per heavy atom. The van der Waals surface area contributed by atoms with Crippen LogP contribution in [0.5, 0.6) is 0 Å². The number of nitrogens with one attached hydrogen (secondary N) is 2. The van der Waals surface area contributed by atoms with Crippen LogP contribution < -0.4 is 10.6 Å². The molecule has 0 aromatic carbocycles.